The molecule has 0 N–H and O–H groups in total. The van der Waals surface area contributed by atoms with E-state index in [0.29, 0.717) is 0 Å². The Kier molecular flexibility index (Phi) is 4.49. The molecule has 0 aliphatic carbocycles. The van der Waals surface area contributed by atoms with Crippen LogP contribution in [0.1, 0.15) is 0 Å². The second-order valence-corrected chi connectivity index (χ2v) is 9.52. The van der Waals surface area contributed by atoms with E-state index in [1.165, 1.54) is 10.9 Å². The van der Waals surface area contributed by atoms with Gasteiger partial charge in [0.25, 0.3) is 0 Å². The maximum Gasteiger partial charge on any atom is 0.0985 e. The topological polar surface area (TPSA) is 35.6 Å². The van der Waals surface area contributed by atoms with Crippen molar-refractivity contribution in [1.82, 2.24) is 19.1 Å². The third-order valence-electron chi connectivity index (χ3n) is 7.41. The van der Waals surface area contributed by atoms with Crippen molar-refractivity contribution < 1.29 is 0 Å². The minimum absolute atomic E-state index is 0.967. The molecule has 0 saturated carbocycles. The SMILES string of the molecule is c1ccc(-n2c3ccccc3c3cnc4c5ccccc5n(-c5ccc(-c6ccccn6)cc5)c4c32)cc1. The Balaban J connectivity index is 1.52. The Morgan fingerprint density at radius 2 is 1.08 bits per heavy atom. The van der Waals surface area contributed by atoms with Gasteiger partial charge in [-0.15, -0.1) is 0 Å². The minimum atomic E-state index is 0.967. The molecule has 8 rings (SSSR count). The van der Waals surface area contributed by atoms with E-state index in [1.807, 2.05) is 30.6 Å². The summed E-state index contributed by atoms with van der Waals surface area (Å²) in [5.74, 6) is 0. The van der Waals surface area contributed by atoms with Crippen molar-refractivity contribution in [2.75, 3.05) is 0 Å². The van der Waals surface area contributed by atoms with Crippen LogP contribution in [0.25, 0.3) is 66.4 Å². The molecule has 0 saturated heterocycles. The van der Waals surface area contributed by atoms with Gasteiger partial charge in [-0.1, -0.05) is 72.8 Å². The number of benzene rings is 4. The first-order valence-corrected chi connectivity index (χ1v) is 12.8. The van der Waals surface area contributed by atoms with Crippen LogP contribution in [0.5, 0.6) is 0 Å². The van der Waals surface area contributed by atoms with Crippen LogP contribution in [0.2, 0.25) is 0 Å². The van der Waals surface area contributed by atoms with E-state index in [-0.39, 0.29) is 0 Å². The molecule has 0 unspecified atom stereocenters. The van der Waals surface area contributed by atoms with Crippen molar-refractivity contribution in [2.24, 2.45) is 0 Å². The molecule has 8 aromatic rings. The van der Waals surface area contributed by atoms with Crippen LogP contribution >= 0.6 is 0 Å². The van der Waals surface area contributed by atoms with Crippen LogP contribution < -0.4 is 0 Å². The predicted octanol–water partition coefficient (Wildman–Crippen LogP) is 8.34. The Hall–Kier alpha value is -5.22. The molecule has 4 nitrogen and oxygen atoms in total. The summed E-state index contributed by atoms with van der Waals surface area (Å²) in [4.78, 5) is 9.59. The van der Waals surface area contributed by atoms with Crippen LogP contribution in [-0.2, 0) is 0 Å². The first-order chi connectivity index (χ1) is 18.9. The average Bonchev–Trinajstić information content (AvgIpc) is 3.51. The number of para-hydroxylation sites is 3. The van der Waals surface area contributed by atoms with Crippen molar-refractivity contribution in [1.29, 1.82) is 0 Å². The highest BCUT2D eigenvalue weighted by molar-refractivity contribution is 6.22. The van der Waals surface area contributed by atoms with Gasteiger partial charge in [0.15, 0.2) is 0 Å². The summed E-state index contributed by atoms with van der Waals surface area (Å²) < 4.78 is 4.74. The molecular formula is C34H22N4. The third kappa shape index (κ3) is 2.98. The molecule has 4 heteroatoms. The van der Waals surface area contributed by atoms with E-state index in [4.69, 9.17) is 4.98 Å². The Bertz CT molecular complexity index is 2100. The normalized spacial score (nSPS) is 11.7. The number of pyridine rings is 2. The van der Waals surface area contributed by atoms with E-state index < -0.39 is 0 Å². The zero-order valence-electron chi connectivity index (χ0n) is 20.5. The number of nitrogens with zero attached hydrogens (tertiary/aromatic N) is 4. The maximum atomic E-state index is 5.06. The number of fused-ring (bicyclic) bond motifs is 7. The molecule has 0 fully saturated rings. The second-order valence-electron chi connectivity index (χ2n) is 9.52. The van der Waals surface area contributed by atoms with Crippen LogP contribution in [0.3, 0.4) is 0 Å². The molecule has 0 aliphatic heterocycles. The smallest absolute Gasteiger partial charge is 0.0985 e. The maximum absolute atomic E-state index is 5.06. The first kappa shape index (κ1) is 20.9. The quantitative estimate of drug-likeness (QED) is 0.252. The zero-order chi connectivity index (χ0) is 25.1. The zero-order valence-corrected chi connectivity index (χ0v) is 20.5. The minimum Gasteiger partial charge on any atom is -0.307 e. The summed E-state index contributed by atoms with van der Waals surface area (Å²) in [6.07, 6.45) is 3.88. The highest BCUT2D eigenvalue weighted by Crippen LogP contribution is 2.40. The molecule has 0 radical (unpaired) electrons. The third-order valence-corrected chi connectivity index (χ3v) is 7.41. The molecule has 0 amide bonds. The Morgan fingerprint density at radius 3 is 1.84 bits per heavy atom. The number of hydrogen-bond acceptors (Lipinski definition) is 2. The molecule has 38 heavy (non-hydrogen) atoms. The first-order valence-electron chi connectivity index (χ1n) is 12.8. The van der Waals surface area contributed by atoms with E-state index in [0.717, 1.165) is 55.5 Å². The molecule has 4 aromatic heterocycles. The largest absolute Gasteiger partial charge is 0.307 e. The van der Waals surface area contributed by atoms with Crippen molar-refractivity contribution in [3.8, 4) is 22.6 Å². The van der Waals surface area contributed by atoms with Crippen molar-refractivity contribution in [3.63, 3.8) is 0 Å². The van der Waals surface area contributed by atoms with Crippen molar-refractivity contribution in [3.05, 3.63) is 134 Å². The number of rotatable bonds is 3. The van der Waals surface area contributed by atoms with Gasteiger partial charge in [-0.2, -0.15) is 0 Å². The fourth-order valence-corrected chi connectivity index (χ4v) is 5.76. The summed E-state index contributed by atoms with van der Waals surface area (Å²) in [5.41, 5.74) is 9.86. The highest BCUT2D eigenvalue weighted by atomic mass is 15.1. The molecular weight excluding hydrogens is 464 g/mol. The summed E-state index contributed by atoms with van der Waals surface area (Å²) in [6, 6.07) is 42.4. The summed E-state index contributed by atoms with van der Waals surface area (Å²) >= 11 is 0. The van der Waals surface area contributed by atoms with Crippen molar-refractivity contribution >= 4 is 43.7 Å². The second kappa shape index (κ2) is 8.15. The van der Waals surface area contributed by atoms with Gasteiger partial charge in [-0.3, -0.25) is 9.97 Å². The molecule has 0 aliphatic rings. The molecule has 4 heterocycles. The Labute approximate surface area is 219 Å². The van der Waals surface area contributed by atoms with E-state index in [9.17, 15) is 0 Å². The van der Waals surface area contributed by atoms with Crippen LogP contribution in [0.4, 0.5) is 0 Å². The summed E-state index contributed by atoms with van der Waals surface area (Å²) in [7, 11) is 0. The number of hydrogen-bond donors (Lipinski definition) is 0. The van der Waals surface area contributed by atoms with Gasteiger partial charge in [-0.25, -0.2) is 0 Å². The van der Waals surface area contributed by atoms with Gasteiger partial charge in [0.1, 0.15) is 0 Å². The van der Waals surface area contributed by atoms with Gasteiger partial charge in [0.2, 0.25) is 0 Å². The summed E-state index contributed by atoms with van der Waals surface area (Å²) in [5, 5.41) is 3.48. The fraction of sp³-hybridized carbons (Fsp3) is 0. The van der Waals surface area contributed by atoms with Crippen molar-refractivity contribution in [2.45, 2.75) is 0 Å². The Morgan fingerprint density at radius 1 is 0.447 bits per heavy atom. The van der Waals surface area contributed by atoms with Crippen LogP contribution in [0, 0.1) is 0 Å². The van der Waals surface area contributed by atoms with Gasteiger partial charge in [0.05, 0.1) is 33.3 Å². The van der Waals surface area contributed by atoms with Crippen LogP contribution in [0.15, 0.2) is 134 Å². The van der Waals surface area contributed by atoms with E-state index in [1.54, 1.807) is 0 Å². The van der Waals surface area contributed by atoms with E-state index in [2.05, 4.69) is 117 Å². The standard InChI is InChI=1S/C34H22N4/c1-2-10-24(11-3-1)37-30-15-6-4-12-26(30)28-22-36-32-27-13-5-7-16-31(27)38(34(32)33(28)37)25-19-17-23(18-20-25)29-14-8-9-21-35-29/h1-22H. The molecule has 0 atom stereocenters. The van der Waals surface area contributed by atoms with Crippen LogP contribution in [-0.4, -0.2) is 19.1 Å². The molecule has 0 bridgehead atoms. The van der Waals surface area contributed by atoms with Gasteiger partial charge < -0.3 is 9.13 Å². The van der Waals surface area contributed by atoms with Gasteiger partial charge in [-0.05, 0) is 48.5 Å². The highest BCUT2D eigenvalue weighted by Gasteiger charge is 2.21. The fourth-order valence-electron chi connectivity index (χ4n) is 5.76. The molecule has 0 spiro atoms. The van der Waals surface area contributed by atoms with Gasteiger partial charge >= 0.3 is 0 Å². The lowest BCUT2D eigenvalue weighted by molar-refractivity contribution is 1.14. The van der Waals surface area contributed by atoms with Gasteiger partial charge in [0, 0.05) is 45.5 Å². The lowest BCUT2D eigenvalue weighted by Gasteiger charge is -2.12. The molecule has 4 aromatic carbocycles. The lowest BCUT2D eigenvalue weighted by atomic mass is 10.1. The molecule has 178 valence electrons. The predicted molar refractivity (Wildman–Crippen MR) is 156 cm³/mol. The monoisotopic (exact) mass is 486 g/mol. The summed E-state index contributed by atoms with van der Waals surface area (Å²) in [6.45, 7) is 0. The van der Waals surface area contributed by atoms with E-state index >= 15 is 0 Å². The average molecular weight is 487 g/mol. The number of aromatic nitrogens is 4. The lowest BCUT2D eigenvalue weighted by Crippen LogP contribution is -1.99.